The molecular formula is C15H15BrOS. The molecule has 0 fully saturated rings. The topological polar surface area (TPSA) is 20.2 Å². The molecule has 0 aliphatic heterocycles. The molecule has 1 aliphatic rings. The minimum absolute atomic E-state index is 0.667. The Hall–Kier alpha value is -0.640. The fraction of sp³-hybridized carbons (Fsp3) is 0.333. The Morgan fingerprint density at radius 3 is 2.78 bits per heavy atom. The Labute approximate surface area is 120 Å². The van der Waals surface area contributed by atoms with Gasteiger partial charge in [-0.2, -0.15) is 0 Å². The Morgan fingerprint density at radius 2 is 2.06 bits per heavy atom. The number of aliphatic hydroxyl groups is 1. The molecule has 1 aromatic carbocycles. The third-order valence-electron chi connectivity index (χ3n) is 3.66. The molecule has 0 spiro atoms. The highest BCUT2D eigenvalue weighted by Gasteiger charge is 2.34. The third kappa shape index (κ3) is 2.15. The quantitative estimate of drug-likeness (QED) is 0.834. The number of halogens is 1. The predicted octanol–water partition coefficient (Wildman–Crippen LogP) is 4.20. The number of fused-ring (bicyclic) bond motifs is 1. The van der Waals surface area contributed by atoms with E-state index in [0.717, 1.165) is 28.6 Å². The summed E-state index contributed by atoms with van der Waals surface area (Å²) in [6.07, 6.45) is 2.49. The standard InChI is InChI=1S/C15H15BrOS/c1-10-2-5-14(18-10)15(17)7-6-11-8-13(16)4-3-12(11)9-15/h2-5,8,17H,6-7,9H2,1H3. The van der Waals surface area contributed by atoms with Gasteiger partial charge in [-0.1, -0.05) is 22.0 Å². The molecule has 1 atom stereocenters. The molecule has 0 bridgehead atoms. The Balaban J connectivity index is 1.96. The van der Waals surface area contributed by atoms with Crippen molar-refractivity contribution in [2.24, 2.45) is 0 Å². The smallest absolute Gasteiger partial charge is 0.103 e. The van der Waals surface area contributed by atoms with Gasteiger partial charge in [0.25, 0.3) is 0 Å². The van der Waals surface area contributed by atoms with E-state index < -0.39 is 5.60 Å². The first-order chi connectivity index (χ1) is 8.57. The maximum Gasteiger partial charge on any atom is 0.103 e. The van der Waals surface area contributed by atoms with Crippen LogP contribution in [0.25, 0.3) is 0 Å². The summed E-state index contributed by atoms with van der Waals surface area (Å²) in [5.74, 6) is 0. The largest absolute Gasteiger partial charge is 0.384 e. The van der Waals surface area contributed by atoms with Crippen LogP contribution < -0.4 is 0 Å². The normalized spacial score (nSPS) is 22.8. The van der Waals surface area contributed by atoms with Crippen LogP contribution in [-0.2, 0) is 18.4 Å². The first-order valence-electron chi connectivity index (χ1n) is 6.13. The van der Waals surface area contributed by atoms with Crippen LogP contribution in [-0.4, -0.2) is 5.11 Å². The maximum absolute atomic E-state index is 10.9. The predicted molar refractivity (Wildman–Crippen MR) is 79.1 cm³/mol. The van der Waals surface area contributed by atoms with Crippen molar-refractivity contribution in [3.8, 4) is 0 Å². The zero-order valence-corrected chi connectivity index (χ0v) is 12.6. The molecule has 3 heteroatoms. The fourth-order valence-corrected chi connectivity index (χ4v) is 4.03. The van der Waals surface area contributed by atoms with Crippen molar-refractivity contribution in [2.45, 2.75) is 31.8 Å². The van der Waals surface area contributed by atoms with Crippen LogP contribution in [0.4, 0.5) is 0 Å². The van der Waals surface area contributed by atoms with Crippen molar-refractivity contribution in [2.75, 3.05) is 0 Å². The second-order valence-corrected chi connectivity index (χ2v) is 7.24. The van der Waals surface area contributed by atoms with Crippen LogP contribution in [0, 0.1) is 6.92 Å². The molecular weight excluding hydrogens is 308 g/mol. The molecule has 2 aromatic rings. The zero-order chi connectivity index (χ0) is 12.8. The second kappa shape index (κ2) is 4.48. The third-order valence-corrected chi connectivity index (χ3v) is 5.35. The van der Waals surface area contributed by atoms with Gasteiger partial charge in [0.1, 0.15) is 5.60 Å². The summed E-state index contributed by atoms with van der Waals surface area (Å²) in [4.78, 5) is 2.37. The Bertz CT molecular complexity index is 590. The molecule has 1 heterocycles. The van der Waals surface area contributed by atoms with Crippen LogP contribution in [0.15, 0.2) is 34.8 Å². The van der Waals surface area contributed by atoms with Crippen molar-refractivity contribution < 1.29 is 5.11 Å². The first-order valence-corrected chi connectivity index (χ1v) is 7.74. The van der Waals surface area contributed by atoms with E-state index in [4.69, 9.17) is 0 Å². The van der Waals surface area contributed by atoms with Crippen molar-refractivity contribution in [1.29, 1.82) is 0 Å². The number of hydrogen-bond acceptors (Lipinski definition) is 2. The van der Waals surface area contributed by atoms with E-state index in [1.54, 1.807) is 11.3 Å². The summed E-state index contributed by atoms with van der Waals surface area (Å²) in [6.45, 7) is 2.09. The lowest BCUT2D eigenvalue weighted by atomic mass is 9.80. The van der Waals surface area contributed by atoms with E-state index in [-0.39, 0.29) is 0 Å². The van der Waals surface area contributed by atoms with Gasteiger partial charge in [0, 0.05) is 20.6 Å². The van der Waals surface area contributed by atoms with Crippen LogP contribution in [0.1, 0.15) is 27.3 Å². The van der Waals surface area contributed by atoms with Gasteiger partial charge in [0.05, 0.1) is 0 Å². The van der Waals surface area contributed by atoms with Gasteiger partial charge in [-0.3, -0.25) is 0 Å². The van der Waals surface area contributed by atoms with Gasteiger partial charge < -0.3 is 5.11 Å². The molecule has 18 heavy (non-hydrogen) atoms. The lowest BCUT2D eigenvalue weighted by Gasteiger charge is -2.33. The molecule has 1 unspecified atom stereocenters. The summed E-state index contributed by atoms with van der Waals surface area (Å²) in [6, 6.07) is 10.5. The van der Waals surface area contributed by atoms with Crippen LogP contribution in [0.3, 0.4) is 0 Å². The summed E-state index contributed by atoms with van der Waals surface area (Å²) in [5, 5.41) is 10.9. The lowest BCUT2D eigenvalue weighted by Crippen LogP contribution is -2.32. The molecule has 1 nitrogen and oxygen atoms in total. The Kier molecular flexibility index (Phi) is 3.08. The molecule has 0 saturated heterocycles. The summed E-state index contributed by atoms with van der Waals surface area (Å²) in [5.41, 5.74) is 1.97. The van der Waals surface area contributed by atoms with E-state index in [1.807, 2.05) is 0 Å². The highest BCUT2D eigenvalue weighted by atomic mass is 79.9. The van der Waals surface area contributed by atoms with Crippen molar-refractivity contribution in [1.82, 2.24) is 0 Å². The van der Waals surface area contributed by atoms with Gasteiger partial charge >= 0.3 is 0 Å². The highest BCUT2D eigenvalue weighted by molar-refractivity contribution is 9.10. The molecule has 94 valence electrons. The molecule has 1 aliphatic carbocycles. The molecule has 1 aromatic heterocycles. The monoisotopic (exact) mass is 322 g/mol. The SMILES string of the molecule is Cc1ccc(C2(O)CCc3cc(Br)ccc3C2)s1. The first kappa shape index (κ1) is 12.4. The molecule has 3 rings (SSSR count). The van der Waals surface area contributed by atoms with E-state index in [9.17, 15) is 5.11 Å². The van der Waals surface area contributed by atoms with Gasteiger partial charge in [-0.25, -0.2) is 0 Å². The highest BCUT2D eigenvalue weighted by Crippen LogP contribution is 2.39. The van der Waals surface area contributed by atoms with E-state index in [1.165, 1.54) is 16.0 Å². The zero-order valence-electron chi connectivity index (χ0n) is 10.2. The second-order valence-electron chi connectivity index (χ2n) is 5.03. The minimum Gasteiger partial charge on any atom is -0.384 e. The number of thiophene rings is 1. The van der Waals surface area contributed by atoms with Crippen LogP contribution in [0.5, 0.6) is 0 Å². The van der Waals surface area contributed by atoms with Crippen molar-refractivity contribution in [3.63, 3.8) is 0 Å². The Morgan fingerprint density at radius 1 is 1.22 bits per heavy atom. The van der Waals surface area contributed by atoms with E-state index >= 15 is 0 Å². The molecule has 0 amide bonds. The number of hydrogen-bond donors (Lipinski definition) is 1. The van der Waals surface area contributed by atoms with E-state index in [0.29, 0.717) is 0 Å². The molecule has 0 radical (unpaired) electrons. The van der Waals surface area contributed by atoms with E-state index in [2.05, 4.69) is 53.2 Å². The average Bonchev–Trinajstić information content (AvgIpc) is 2.77. The van der Waals surface area contributed by atoms with Crippen LogP contribution >= 0.6 is 27.3 Å². The molecule has 1 N–H and O–H groups in total. The van der Waals surface area contributed by atoms with Gasteiger partial charge in [0.2, 0.25) is 0 Å². The van der Waals surface area contributed by atoms with Crippen molar-refractivity contribution >= 4 is 27.3 Å². The fourth-order valence-electron chi connectivity index (χ4n) is 2.64. The van der Waals surface area contributed by atoms with Crippen LogP contribution in [0.2, 0.25) is 0 Å². The maximum atomic E-state index is 10.9. The summed E-state index contributed by atoms with van der Waals surface area (Å²) in [7, 11) is 0. The average molecular weight is 323 g/mol. The van der Waals surface area contributed by atoms with Gasteiger partial charge in [0.15, 0.2) is 0 Å². The van der Waals surface area contributed by atoms with Gasteiger partial charge in [-0.15, -0.1) is 11.3 Å². The number of benzene rings is 1. The van der Waals surface area contributed by atoms with Crippen molar-refractivity contribution in [3.05, 3.63) is 55.7 Å². The summed E-state index contributed by atoms with van der Waals surface area (Å²) >= 11 is 5.22. The summed E-state index contributed by atoms with van der Waals surface area (Å²) < 4.78 is 1.12. The van der Waals surface area contributed by atoms with Gasteiger partial charge in [-0.05, 0) is 55.2 Å². The minimum atomic E-state index is -0.667. The lowest BCUT2D eigenvalue weighted by molar-refractivity contribution is 0.0259. The number of aryl methyl sites for hydroxylation is 2. The molecule has 0 saturated carbocycles. The number of rotatable bonds is 1.